The van der Waals surface area contributed by atoms with Crippen LogP contribution in [0.3, 0.4) is 0 Å². The molecule has 2 aromatic heterocycles. The van der Waals surface area contributed by atoms with Crippen LogP contribution in [0.25, 0.3) is 16.9 Å². The van der Waals surface area contributed by atoms with Crippen LogP contribution in [0.2, 0.25) is 0 Å². The molecule has 2 N–H and O–H groups in total. The molecule has 4 rings (SSSR count). The van der Waals surface area contributed by atoms with Gasteiger partial charge in [0.05, 0.1) is 46.4 Å². The fourth-order valence-corrected chi connectivity index (χ4v) is 2.99. The third-order valence-corrected chi connectivity index (χ3v) is 4.70. The molecule has 0 atom stereocenters. The van der Waals surface area contributed by atoms with Crippen LogP contribution in [0.1, 0.15) is 48.3 Å². The van der Waals surface area contributed by atoms with Gasteiger partial charge in [0, 0.05) is 19.3 Å². The van der Waals surface area contributed by atoms with E-state index < -0.39 is 5.82 Å². The largest absolute Gasteiger partial charge is 0.372 e. The fraction of sp³-hybridized carbons (Fsp3) is 0.273. The van der Waals surface area contributed by atoms with Crippen LogP contribution < -0.4 is 10.6 Å². The number of carbonyl (C=O) groups is 1. The van der Waals surface area contributed by atoms with Crippen molar-refractivity contribution >= 4 is 11.7 Å². The van der Waals surface area contributed by atoms with E-state index in [0.29, 0.717) is 22.8 Å². The number of rotatable bonds is 4. The number of unbranched alkanes of at least 4 members (excludes halogenated alkanes) is 1. The number of hydrogen-bond acceptors (Lipinski definition) is 5. The number of pyridine rings is 1. The van der Waals surface area contributed by atoms with Gasteiger partial charge < -0.3 is 10.6 Å². The minimum absolute atomic E-state index is 0.111. The first-order valence-electron chi connectivity index (χ1n) is 9.78. The van der Waals surface area contributed by atoms with Gasteiger partial charge in [-0.3, -0.25) is 4.79 Å². The van der Waals surface area contributed by atoms with E-state index >= 15 is 0 Å². The highest BCUT2D eigenvalue weighted by molar-refractivity contribution is 6.01. The van der Waals surface area contributed by atoms with Crippen molar-refractivity contribution in [1.29, 1.82) is 5.26 Å². The molecule has 0 spiro atoms. The molecular formula is C22H23FN6O. The summed E-state index contributed by atoms with van der Waals surface area (Å²) in [4.78, 5) is 16.7. The summed E-state index contributed by atoms with van der Waals surface area (Å²) in [5.74, 6) is -0.181. The highest BCUT2D eigenvalue weighted by Gasteiger charge is 2.27. The number of benzene rings is 1. The second-order valence-electron chi connectivity index (χ2n) is 6.70. The Labute approximate surface area is 174 Å². The van der Waals surface area contributed by atoms with E-state index in [0.717, 1.165) is 0 Å². The Morgan fingerprint density at radius 2 is 2.03 bits per heavy atom. The van der Waals surface area contributed by atoms with Crippen LogP contribution in [-0.2, 0) is 6.54 Å². The average molecular weight is 406 g/mol. The fourth-order valence-electron chi connectivity index (χ4n) is 2.99. The first-order chi connectivity index (χ1) is 14.5. The molecule has 0 saturated carbocycles. The van der Waals surface area contributed by atoms with Crippen molar-refractivity contribution in [3.05, 3.63) is 59.2 Å². The minimum Gasteiger partial charge on any atom is -0.372 e. The maximum Gasteiger partial charge on any atom is 0.255 e. The molecule has 0 bridgehead atoms. The van der Waals surface area contributed by atoms with Gasteiger partial charge in [-0.15, -0.1) is 0 Å². The van der Waals surface area contributed by atoms with Gasteiger partial charge in [0.2, 0.25) is 0 Å². The first-order valence-corrected chi connectivity index (χ1v) is 9.78. The van der Waals surface area contributed by atoms with Gasteiger partial charge in [0.25, 0.3) is 5.91 Å². The molecule has 1 aromatic carbocycles. The highest BCUT2D eigenvalue weighted by atomic mass is 19.1. The van der Waals surface area contributed by atoms with Gasteiger partial charge >= 0.3 is 0 Å². The molecule has 154 valence electrons. The standard InChI is InChI=1S/C18H13FN6O.C4H10/c1-21-15-5-6-25(24-15)14-7-12(23-13-9-22-18(26)17(13)14)16-10(8-20)3-2-4-11(16)19;1-3-4-2/h2-7H,9H2,1H3,(H,21,24)(H,22,26);3-4H2,1-2H3. The molecule has 0 fully saturated rings. The highest BCUT2D eigenvalue weighted by Crippen LogP contribution is 2.31. The first kappa shape index (κ1) is 21.0. The maximum absolute atomic E-state index is 14.4. The van der Waals surface area contributed by atoms with Crippen molar-refractivity contribution < 1.29 is 9.18 Å². The number of nitrogens with one attached hydrogen (secondary N) is 2. The molecule has 8 heteroatoms. The van der Waals surface area contributed by atoms with Gasteiger partial charge in [-0.05, 0) is 18.2 Å². The Balaban J connectivity index is 0.000000589. The van der Waals surface area contributed by atoms with Gasteiger partial charge in [-0.1, -0.05) is 32.8 Å². The molecule has 0 saturated heterocycles. The molecule has 1 aliphatic rings. The summed E-state index contributed by atoms with van der Waals surface area (Å²) in [5.41, 5.74) is 1.95. The van der Waals surface area contributed by atoms with Crippen molar-refractivity contribution in [2.24, 2.45) is 0 Å². The number of fused-ring (bicyclic) bond motifs is 1. The molecule has 3 aromatic rings. The predicted octanol–water partition coefficient (Wildman–Crippen LogP) is 4.04. The lowest BCUT2D eigenvalue weighted by Gasteiger charge is -2.11. The van der Waals surface area contributed by atoms with Crippen LogP contribution in [0.4, 0.5) is 10.2 Å². The summed E-state index contributed by atoms with van der Waals surface area (Å²) < 4.78 is 16.0. The lowest BCUT2D eigenvalue weighted by Crippen LogP contribution is -2.14. The second-order valence-corrected chi connectivity index (χ2v) is 6.70. The van der Waals surface area contributed by atoms with Crippen molar-refractivity contribution in [1.82, 2.24) is 20.1 Å². The summed E-state index contributed by atoms with van der Waals surface area (Å²) >= 11 is 0. The van der Waals surface area contributed by atoms with Gasteiger partial charge in [0.1, 0.15) is 11.6 Å². The summed E-state index contributed by atoms with van der Waals surface area (Å²) in [5, 5.41) is 19.3. The topological polar surface area (TPSA) is 95.6 Å². The van der Waals surface area contributed by atoms with Crippen molar-refractivity contribution in [3.63, 3.8) is 0 Å². The monoisotopic (exact) mass is 406 g/mol. The summed E-state index contributed by atoms with van der Waals surface area (Å²) in [7, 11) is 1.74. The third kappa shape index (κ3) is 4.01. The molecule has 3 heterocycles. The average Bonchev–Trinajstić information content (AvgIpc) is 3.40. The molecule has 7 nitrogen and oxygen atoms in total. The quantitative estimate of drug-likeness (QED) is 0.682. The smallest absolute Gasteiger partial charge is 0.255 e. The molecule has 30 heavy (non-hydrogen) atoms. The van der Waals surface area contributed by atoms with Crippen LogP contribution in [0, 0.1) is 17.1 Å². The molecule has 0 unspecified atom stereocenters. The number of aromatic nitrogens is 3. The summed E-state index contributed by atoms with van der Waals surface area (Å²) in [6, 6.07) is 9.61. The summed E-state index contributed by atoms with van der Waals surface area (Å²) in [6.45, 7) is 4.60. The van der Waals surface area contributed by atoms with Crippen LogP contribution >= 0.6 is 0 Å². The minimum atomic E-state index is -0.545. The Kier molecular flexibility index (Phi) is 6.42. The van der Waals surface area contributed by atoms with Crippen molar-refractivity contribution in [2.75, 3.05) is 12.4 Å². The van der Waals surface area contributed by atoms with Crippen LogP contribution in [0.5, 0.6) is 0 Å². The Hall–Kier alpha value is -3.73. The van der Waals surface area contributed by atoms with E-state index in [1.54, 1.807) is 25.4 Å². The Morgan fingerprint density at radius 3 is 2.67 bits per heavy atom. The van der Waals surface area contributed by atoms with E-state index in [2.05, 4.69) is 34.6 Å². The molecular weight excluding hydrogens is 383 g/mol. The molecule has 1 aliphatic heterocycles. The SMILES string of the molecule is CCCC.CNc1ccn(-c2cc(-c3c(F)cccc3C#N)nc3c2C(=O)NC3)n1. The van der Waals surface area contributed by atoms with Crippen LogP contribution in [0.15, 0.2) is 36.5 Å². The number of nitrogens with zero attached hydrogens (tertiary/aromatic N) is 4. The number of nitriles is 1. The van der Waals surface area contributed by atoms with E-state index in [-0.39, 0.29) is 29.3 Å². The predicted molar refractivity (Wildman–Crippen MR) is 113 cm³/mol. The molecule has 0 aliphatic carbocycles. The number of hydrogen-bond donors (Lipinski definition) is 2. The van der Waals surface area contributed by atoms with Gasteiger partial charge in [-0.25, -0.2) is 14.1 Å². The number of anilines is 1. The zero-order chi connectivity index (χ0) is 21.7. The molecule has 0 radical (unpaired) electrons. The molecule has 1 amide bonds. The maximum atomic E-state index is 14.4. The lowest BCUT2D eigenvalue weighted by atomic mass is 10.0. The van der Waals surface area contributed by atoms with Crippen molar-refractivity contribution in [2.45, 2.75) is 33.2 Å². The van der Waals surface area contributed by atoms with Crippen molar-refractivity contribution in [3.8, 4) is 23.0 Å². The van der Waals surface area contributed by atoms with Gasteiger partial charge in [-0.2, -0.15) is 10.4 Å². The summed E-state index contributed by atoms with van der Waals surface area (Å²) in [6.07, 6.45) is 4.34. The van der Waals surface area contributed by atoms with Gasteiger partial charge in [0.15, 0.2) is 0 Å². The van der Waals surface area contributed by atoms with Crippen LogP contribution in [-0.4, -0.2) is 27.7 Å². The second kappa shape index (κ2) is 9.18. The zero-order valence-electron chi connectivity index (χ0n) is 17.2. The van der Waals surface area contributed by atoms with E-state index in [1.807, 2.05) is 6.07 Å². The number of halogens is 1. The van der Waals surface area contributed by atoms with E-state index in [1.165, 1.54) is 35.7 Å². The number of carbonyl (C=O) groups excluding carboxylic acids is 1. The number of amides is 1. The normalized spacial score (nSPS) is 11.8. The Bertz CT molecular complexity index is 1110. The zero-order valence-corrected chi connectivity index (χ0v) is 17.2. The lowest BCUT2D eigenvalue weighted by molar-refractivity contribution is 0.0965. The Morgan fingerprint density at radius 1 is 1.27 bits per heavy atom. The van der Waals surface area contributed by atoms with E-state index in [9.17, 15) is 14.4 Å². The van der Waals surface area contributed by atoms with E-state index in [4.69, 9.17) is 0 Å². The third-order valence-electron chi connectivity index (χ3n) is 4.70.